The maximum absolute atomic E-state index is 5.57. The zero-order chi connectivity index (χ0) is 13.9. The summed E-state index contributed by atoms with van der Waals surface area (Å²) >= 11 is 9.06. The lowest BCUT2D eigenvalue weighted by molar-refractivity contribution is 0.843. The molecule has 0 atom stereocenters. The highest BCUT2D eigenvalue weighted by atomic mass is 79.9. The molecule has 0 aliphatic heterocycles. The SMILES string of the molecule is NCCCc1ccc(-c2ccc(-c3ccc(Br)s3)s2)s1. The van der Waals surface area contributed by atoms with E-state index in [1.165, 1.54) is 28.2 Å². The van der Waals surface area contributed by atoms with E-state index in [-0.39, 0.29) is 0 Å². The molecule has 0 fully saturated rings. The van der Waals surface area contributed by atoms with E-state index < -0.39 is 0 Å². The number of aryl methyl sites for hydroxylation is 1. The molecule has 104 valence electrons. The van der Waals surface area contributed by atoms with Crippen molar-refractivity contribution in [2.45, 2.75) is 12.8 Å². The summed E-state index contributed by atoms with van der Waals surface area (Å²) in [5, 5.41) is 0. The molecule has 5 heteroatoms. The largest absolute Gasteiger partial charge is 0.330 e. The number of rotatable bonds is 5. The molecule has 20 heavy (non-hydrogen) atoms. The van der Waals surface area contributed by atoms with Crippen LogP contribution in [0.4, 0.5) is 0 Å². The Morgan fingerprint density at radius 3 is 2.05 bits per heavy atom. The Morgan fingerprint density at radius 2 is 1.40 bits per heavy atom. The fourth-order valence-electron chi connectivity index (χ4n) is 1.97. The molecular formula is C15H14BrNS3. The van der Waals surface area contributed by atoms with E-state index in [0.29, 0.717) is 0 Å². The fraction of sp³-hybridized carbons (Fsp3) is 0.200. The molecule has 0 amide bonds. The Kier molecular flexibility index (Phi) is 4.73. The van der Waals surface area contributed by atoms with Gasteiger partial charge in [-0.3, -0.25) is 0 Å². The summed E-state index contributed by atoms with van der Waals surface area (Å²) in [5.74, 6) is 0. The van der Waals surface area contributed by atoms with Crippen molar-refractivity contribution in [2.24, 2.45) is 5.73 Å². The standard InChI is InChI=1S/C15H14BrNS3/c16-15-8-7-14(20-15)13-6-5-12(19-13)11-4-3-10(18-11)2-1-9-17/h3-8H,1-2,9,17H2. The third-order valence-electron chi connectivity index (χ3n) is 2.95. The average Bonchev–Trinajstić information content (AvgIpc) is 3.15. The third-order valence-corrected chi connectivity index (χ3v) is 7.20. The van der Waals surface area contributed by atoms with Crippen LogP contribution in [-0.2, 0) is 6.42 Å². The van der Waals surface area contributed by atoms with Gasteiger partial charge in [0.2, 0.25) is 0 Å². The molecule has 3 heterocycles. The number of hydrogen-bond acceptors (Lipinski definition) is 4. The van der Waals surface area contributed by atoms with Crippen LogP contribution in [0.25, 0.3) is 19.5 Å². The van der Waals surface area contributed by atoms with Gasteiger partial charge in [-0.25, -0.2) is 0 Å². The summed E-state index contributed by atoms with van der Waals surface area (Å²) in [7, 11) is 0. The molecule has 0 saturated heterocycles. The summed E-state index contributed by atoms with van der Waals surface area (Å²) in [4.78, 5) is 6.82. The van der Waals surface area contributed by atoms with Gasteiger partial charge in [-0.2, -0.15) is 0 Å². The van der Waals surface area contributed by atoms with E-state index in [2.05, 4.69) is 52.3 Å². The van der Waals surface area contributed by atoms with Crippen molar-refractivity contribution in [1.29, 1.82) is 0 Å². The minimum atomic E-state index is 0.767. The van der Waals surface area contributed by atoms with E-state index >= 15 is 0 Å². The number of halogens is 1. The lowest BCUT2D eigenvalue weighted by Gasteiger charge is -1.93. The molecular weight excluding hydrogens is 370 g/mol. The highest BCUT2D eigenvalue weighted by Crippen LogP contribution is 2.40. The van der Waals surface area contributed by atoms with Crippen LogP contribution in [0.5, 0.6) is 0 Å². The Hall–Kier alpha value is -0.460. The van der Waals surface area contributed by atoms with Crippen molar-refractivity contribution in [1.82, 2.24) is 0 Å². The first-order valence-electron chi connectivity index (χ1n) is 6.41. The van der Waals surface area contributed by atoms with Gasteiger partial charge < -0.3 is 5.73 Å². The zero-order valence-corrected chi connectivity index (χ0v) is 14.8. The van der Waals surface area contributed by atoms with E-state index in [0.717, 1.165) is 19.4 Å². The summed E-state index contributed by atoms with van der Waals surface area (Å²) in [6, 6.07) is 13.2. The molecule has 2 N–H and O–H groups in total. The Balaban J connectivity index is 1.81. The second kappa shape index (κ2) is 6.54. The zero-order valence-electron chi connectivity index (χ0n) is 10.8. The molecule has 3 rings (SSSR count). The molecule has 0 aromatic carbocycles. The topological polar surface area (TPSA) is 26.0 Å². The van der Waals surface area contributed by atoms with Gasteiger partial charge in [0, 0.05) is 24.4 Å². The Bertz CT molecular complexity index is 695. The van der Waals surface area contributed by atoms with Gasteiger partial charge in [0.1, 0.15) is 0 Å². The van der Waals surface area contributed by atoms with E-state index in [1.807, 2.05) is 22.7 Å². The second-order valence-corrected chi connectivity index (χ2v) is 9.14. The third kappa shape index (κ3) is 3.23. The second-order valence-electron chi connectivity index (χ2n) is 4.43. The molecule has 0 spiro atoms. The van der Waals surface area contributed by atoms with Crippen LogP contribution >= 0.6 is 49.9 Å². The van der Waals surface area contributed by atoms with Crippen LogP contribution in [0, 0.1) is 0 Å². The maximum atomic E-state index is 5.57. The Labute approximate surface area is 139 Å². The minimum Gasteiger partial charge on any atom is -0.330 e. The van der Waals surface area contributed by atoms with Crippen LogP contribution < -0.4 is 5.73 Å². The summed E-state index contributed by atoms with van der Waals surface area (Å²) in [6.07, 6.45) is 2.16. The normalized spacial score (nSPS) is 11.1. The van der Waals surface area contributed by atoms with E-state index in [1.54, 1.807) is 11.3 Å². The van der Waals surface area contributed by atoms with Crippen LogP contribution in [0.15, 0.2) is 40.2 Å². The number of thiophene rings is 3. The predicted octanol–water partition coefficient (Wildman–Crippen LogP) is 5.86. The van der Waals surface area contributed by atoms with Crippen LogP contribution in [0.3, 0.4) is 0 Å². The van der Waals surface area contributed by atoms with Crippen molar-refractivity contribution in [2.75, 3.05) is 6.54 Å². The molecule has 0 unspecified atom stereocenters. The summed E-state index contributed by atoms with van der Waals surface area (Å²) in [5.41, 5.74) is 5.57. The van der Waals surface area contributed by atoms with E-state index in [4.69, 9.17) is 5.73 Å². The molecule has 1 nitrogen and oxygen atoms in total. The van der Waals surface area contributed by atoms with Crippen molar-refractivity contribution < 1.29 is 0 Å². The first kappa shape index (κ1) is 14.5. The monoisotopic (exact) mass is 383 g/mol. The van der Waals surface area contributed by atoms with Gasteiger partial charge in [-0.1, -0.05) is 0 Å². The van der Waals surface area contributed by atoms with Gasteiger partial charge in [-0.15, -0.1) is 34.0 Å². The first-order valence-corrected chi connectivity index (χ1v) is 9.65. The van der Waals surface area contributed by atoms with Gasteiger partial charge in [0.25, 0.3) is 0 Å². The average molecular weight is 384 g/mol. The molecule has 0 bridgehead atoms. The molecule has 3 aromatic rings. The van der Waals surface area contributed by atoms with Crippen molar-refractivity contribution in [3.63, 3.8) is 0 Å². The first-order chi connectivity index (χ1) is 9.76. The lowest BCUT2D eigenvalue weighted by Crippen LogP contribution is -1.98. The highest BCUT2D eigenvalue weighted by molar-refractivity contribution is 9.11. The number of hydrogen-bond donors (Lipinski definition) is 1. The molecule has 3 aromatic heterocycles. The highest BCUT2D eigenvalue weighted by Gasteiger charge is 2.09. The summed E-state index contributed by atoms with van der Waals surface area (Å²) in [6.45, 7) is 0.767. The Morgan fingerprint density at radius 1 is 0.800 bits per heavy atom. The van der Waals surface area contributed by atoms with Crippen molar-refractivity contribution in [3.8, 4) is 19.5 Å². The van der Waals surface area contributed by atoms with Gasteiger partial charge in [0.05, 0.1) is 3.79 Å². The smallest absolute Gasteiger partial charge is 0.0705 e. The molecule has 0 aliphatic rings. The minimum absolute atomic E-state index is 0.767. The summed E-state index contributed by atoms with van der Waals surface area (Å²) < 4.78 is 1.18. The van der Waals surface area contributed by atoms with Crippen LogP contribution in [0.1, 0.15) is 11.3 Å². The van der Waals surface area contributed by atoms with Gasteiger partial charge in [-0.05, 0) is 71.7 Å². The van der Waals surface area contributed by atoms with Crippen LogP contribution in [-0.4, -0.2) is 6.54 Å². The molecule has 0 radical (unpaired) electrons. The predicted molar refractivity (Wildman–Crippen MR) is 96.0 cm³/mol. The fourth-order valence-corrected chi connectivity index (χ4v) is 5.59. The quantitative estimate of drug-likeness (QED) is 0.586. The van der Waals surface area contributed by atoms with Crippen molar-refractivity contribution >= 4 is 49.9 Å². The van der Waals surface area contributed by atoms with Gasteiger partial charge >= 0.3 is 0 Å². The van der Waals surface area contributed by atoms with Crippen molar-refractivity contribution in [3.05, 3.63) is 45.1 Å². The lowest BCUT2D eigenvalue weighted by atomic mass is 10.2. The van der Waals surface area contributed by atoms with Gasteiger partial charge in [0.15, 0.2) is 0 Å². The molecule has 0 saturated carbocycles. The maximum Gasteiger partial charge on any atom is 0.0705 e. The number of nitrogens with two attached hydrogens (primary N) is 1. The molecule has 0 aliphatic carbocycles. The van der Waals surface area contributed by atoms with E-state index in [9.17, 15) is 0 Å². The van der Waals surface area contributed by atoms with Crippen LogP contribution in [0.2, 0.25) is 0 Å².